The largest absolute Gasteiger partial charge is 0.0979 e. The Morgan fingerprint density at radius 2 is 0.278 bits per heavy atom. The van der Waals surface area contributed by atoms with E-state index in [-0.39, 0.29) is 0 Å². The van der Waals surface area contributed by atoms with Crippen molar-refractivity contribution in [3.63, 3.8) is 0 Å². The second-order valence-corrected chi connectivity index (χ2v) is 24.8. The van der Waals surface area contributed by atoms with Gasteiger partial charge in [0.05, 0.1) is 0 Å². The van der Waals surface area contributed by atoms with Gasteiger partial charge in [-0.2, -0.15) is 0 Å². The van der Waals surface area contributed by atoms with Crippen LogP contribution in [0.1, 0.15) is 314 Å². The van der Waals surface area contributed by atoms with Gasteiger partial charge < -0.3 is 0 Å². The van der Waals surface area contributed by atoms with Crippen LogP contribution < -0.4 is 0 Å². The normalized spacial score (nSPS) is 6.83. The molecule has 0 aromatic heterocycles. The topological polar surface area (TPSA) is 0 Å². The van der Waals surface area contributed by atoms with Crippen LogP contribution in [-0.4, -0.2) is 73.1 Å². The zero-order chi connectivity index (χ0) is 64.5. The Balaban J connectivity index is -0.0000000187. The highest BCUT2D eigenvalue weighted by Crippen LogP contribution is 2.28. The van der Waals surface area contributed by atoms with E-state index in [0.717, 1.165) is 22.3 Å². The molecule has 0 aromatic carbocycles. The summed E-state index contributed by atoms with van der Waals surface area (Å²) in [5.41, 5.74) is 0. The molecule has 0 aliphatic heterocycles. The van der Waals surface area contributed by atoms with Crippen molar-refractivity contribution in [2.45, 2.75) is 325 Å². The summed E-state index contributed by atoms with van der Waals surface area (Å²) in [7, 11) is 21.9. The molecule has 0 fully saturated rings. The van der Waals surface area contributed by atoms with E-state index in [0.29, 0.717) is 0 Å². The molecule has 12 heteroatoms. The molecular formula is C60H164S12. The van der Waals surface area contributed by atoms with Gasteiger partial charge in [0.1, 0.15) is 0 Å². The van der Waals surface area contributed by atoms with Crippen LogP contribution in [0.15, 0.2) is 0 Å². The molecule has 0 amide bonds. The van der Waals surface area contributed by atoms with Gasteiger partial charge in [0, 0.05) is 10.5 Å². The lowest BCUT2D eigenvalue weighted by atomic mass is 10.1. The van der Waals surface area contributed by atoms with Crippen LogP contribution in [0.4, 0.5) is 0 Å². The first-order valence-corrected chi connectivity index (χ1v) is 46.7. The minimum Gasteiger partial charge on any atom is -0.0979 e. The lowest BCUT2D eigenvalue weighted by Crippen LogP contribution is -1.93. The zero-order valence-electron chi connectivity index (χ0n) is 60.9. The van der Waals surface area contributed by atoms with Crippen molar-refractivity contribution >= 4 is 130 Å². The Labute approximate surface area is 523 Å². The van der Waals surface area contributed by atoms with Gasteiger partial charge in [-0.25, -0.2) is 0 Å². The summed E-state index contributed by atoms with van der Waals surface area (Å²) in [5, 5.41) is 1.76. The molecule has 0 aliphatic carbocycles. The van der Waals surface area contributed by atoms with Gasteiger partial charge in [-0.15, -0.1) is 0 Å². The fourth-order valence-electron chi connectivity index (χ4n) is 1.70. The SMILES string of the molecule is CC.CC.CC.CC.CC.CC.CC.CC.CC.CC.CC.CC.CC.CC.CCC(C)CC.CCC(C)CC.CCC(CC)SSC.CCC(CC)SSC.CSSC.CSSC.CSSC.CSSC. The van der Waals surface area contributed by atoms with Gasteiger partial charge in [0.15, 0.2) is 0 Å². The maximum absolute atomic E-state index is 2.28. The summed E-state index contributed by atoms with van der Waals surface area (Å²) < 4.78 is 0. The number of hydrogen-bond donors (Lipinski definition) is 0. The third-order valence-corrected chi connectivity index (χ3v) is 16.1. The maximum Gasteiger partial charge on any atom is 0.0146 e. The first-order valence-electron chi connectivity index (χ1n) is 29.6. The highest BCUT2D eigenvalue weighted by Gasteiger charge is 2.00. The average Bonchev–Trinajstić information content (AvgIpc) is 3.52. The lowest BCUT2D eigenvalue weighted by molar-refractivity contribution is 0.544. The Morgan fingerprint density at radius 1 is 0.181 bits per heavy atom. The molecule has 0 bridgehead atoms. The Bertz CT molecular complexity index is 303. The molecule has 0 unspecified atom stereocenters. The van der Waals surface area contributed by atoms with Gasteiger partial charge >= 0.3 is 0 Å². The monoisotopic (exact) mass is 1270 g/mol. The molecule has 0 nitrogen and oxygen atoms in total. The van der Waals surface area contributed by atoms with Crippen LogP contribution in [0.3, 0.4) is 0 Å². The third-order valence-electron chi connectivity index (χ3n) is 5.74. The lowest BCUT2D eigenvalue weighted by Gasteiger charge is -2.07. The van der Waals surface area contributed by atoms with Crippen molar-refractivity contribution in [2.75, 3.05) is 62.6 Å². The van der Waals surface area contributed by atoms with Crippen molar-refractivity contribution in [3.05, 3.63) is 0 Å². The first-order chi connectivity index (χ1) is 35.0. The quantitative estimate of drug-likeness (QED) is 0.135. The van der Waals surface area contributed by atoms with Crippen LogP contribution >= 0.6 is 130 Å². The molecular weight excluding hydrogens is 1110 g/mol. The summed E-state index contributed by atoms with van der Waals surface area (Å²) >= 11 is 0. The average molecular weight is 1270 g/mol. The predicted molar refractivity (Wildman–Crippen MR) is 417 cm³/mol. The van der Waals surface area contributed by atoms with Crippen molar-refractivity contribution < 1.29 is 0 Å². The molecule has 0 spiro atoms. The summed E-state index contributed by atoms with van der Waals surface area (Å²) in [4.78, 5) is 0. The first kappa shape index (κ1) is 147. The van der Waals surface area contributed by atoms with E-state index in [1.165, 1.54) is 51.4 Å². The number of hydrogen-bond acceptors (Lipinski definition) is 12. The highest BCUT2D eigenvalue weighted by molar-refractivity contribution is 8.77. The van der Waals surface area contributed by atoms with Crippen molar-refractivity contribution in [1.29, 1.82) is 0 Å². The predicted octanol–water partition coefficient (Wildman–Crippen LogP) is 32.1. The van der Waals surface area contributed by atoms with E-state index < -0.39 is 0 Å². The summed E-state index contributed by atoms with van der Waals surface area (Å²) in [6.07, 6.45) is 31.3. The third kappa shape index (κ3) is 436. The second kappa shape index (κ2) is 316. The zero-order valence-corrected chi connectivity index (χ0v) is 70.7. The fraction of sp³-hybridized carbons (Fsp3) is 1.00. The van der Waals surface area contributed by atoms with Crippen LogP contribution in [0.5, 0.6) is 0 Å². The van der Waals surface area contributed by atoms with Gasteiger partial charge in [-0.05, 0) is 100 Å². The molecule has 0 saturated heterocycles. The summed E-state index contributed by atoms with van der Waals surface area (Å²) in [6.45, 7) is 78.5. The molecule has 0 radical (unpaired) electrons. The number of rotatable bonds is 16. The fourth-order valence-corrected chi connectivity index (χ4v) is 6.05. The van der Waals surface area contributed by atoms with Crippen LogP contribution in [0, 0.1) is 11.8 Å². The standard InChI is InChI=1S/2C6H14S2.2C6H14.4C2H6S2.14C2H6/c2*1-4-6(5-2)8-7-3;2*1-4-6(3)5-2;4*1-3-4-2;14*1-2/h2*6H,4-5H2,1-3H3;2*6H,4-5H2,1-3H3;4*1-2H3;14*1-2H3. The smallest absolute Gasteiger partial charge is 0.0146 e. The summed E-state index contributed by atoms with van der Waals surface area (Å²) in [6, 6.07) is 0. The van der Waals surface area contributed by atoms with Gasteiger partial charge in [-0.1, -0.05) is 418 Å². The Morgan fingerprint density at radius 3 is 0.292 bits per heavy atom. The molecule has 0 aliphatic rings. The van der Waals surface area contributed by atoms with E-state index in [9.17, 15) is 0 Å². The maximum atomic E-state index is 2.28. The Kier molecular flexibility index (Phi) is 644. The minimum absolute atomic E-state index is 0.880. The molecule has 0 aromatic rings. The van der Waals surface area contributed by atoms with E-state index in [1.54, 1.807) is 86.4 Å². The van der Waals surface area contributed by atoms with Crippen molar-refractivity contribution in [3.8, 4) is 0 Å². The second-order valence-electron chi connectivity index (χ2n) is 8.58. The van der Waals surface area contributed by atoms with Gasteiger partial charge in [-0.3, -0.25) is 0 Å². The molecule has 0 saturated carbocycles. The summed E-state index contributed by atoms with van der Waals surface area (Å²) in [5.74, 6) is 1.87. The molecule has 0 N–H and O–H groups in total. The van der Waals surface area contributed by atoms with Crippen LogP contribution in [0.2, 0.25) is 0 Å². The molecule has 0 rings (SSSR count). The molecule has 476 valence electrons. The highest BCUT2D eigenvalue weighted by atomic mass is 33.1. The van der Waals surface area contributed by atoms with Gasteiger partial charge in [0.2, 0.25) is 0 Å². The van der Waals surface area contributed by atoms with Crippen molar-refractivity contribution in [1.82, 2.24) is 0 Å². The van der Waals surface area contributed by atoms with Crippen molar-refractivity contribution in [2.24, 2.45) is 11.8 Å². The minimum atomic E-state index is 0.880. The van der Waals surface area contributed by atoms with Crippen LogP contribution in [0.25, 0.3) is 0 Å². The van der Waals surface area contributed by atoms with E-state index in [1.807, 2.05) is 237 Å². The van der Waals surface area contributed by atoms with Crippen LogP contribution in [-0.2, 0) is 0 Å². The van der Waals surface area contributed by atoms with E-state index in [2.05, 4.69) is 132 Å². The molecule has 0 atom stereocenters. The van der Waals surface area contributed by atoms with E-state index in [4.69, 9.17) is 0 Å². The Hall–Kier alpha value is 4.20. The molecule has 0 heterocycles. The van der Waals surface area contributed by atoms with Gasteiger partial charge in [0.25, 0.3) is 0 Å². The molecule has 72 heavy (non-hydrogen) atoms. The van der Waals surface area contributed by atoms with E-state index >= 15 is 0 Å².